The van der Waals surface area contributed by atoms with Crippen LogP contribution in [0, 0.1) is 30.0 Å². The van der Waals surface area contributed by atoms with Gasteiger partial charge in [0.25, 0.3) is 0 Å². The van der Waals surface area contributed by atoms with Gasteiger partial charge in [0.05, 0.1) is 6.04 Å². The van der Waals surface area contributed by atoms with Gasteiger partial charge < -0.3 is 10.4 Å². The van der Waals surface area contributed by atoms with E-state index in [1.165, 1.54) is 11.6 Å². The van der Waals surface area contributed by atoms with Crippen LogP contribution in [0.5, 0.6) is 0 Å². The molecule has 7 heteroatoms. The van der Waals surface area contributed by atoms with E-state index in [0.29, 0.717) is 30.4 Å². The molecule has 6 atom stereocenters. The number of nitrogens with one attached hydrogen (secondary N) is 3. The molecule has 2 aromatic rings. The summed E-state index contributed by atoms with van der Waals surface area (Å²) in [7, 11) is 0. The Kier molecular flexibility index (Phi) is 6.69. The number of aliphatic hydroxyl groups is 1. The molecule has 2 saturated carbocycles. The number of fused-ring (bicyclic) bond motifs is 1. The van der Waals surface area contributed by atoms with Crippen LogP contribution >= 0.6 is 0 Å². The maximum absolute atomic E-state index is 14.2. The minimum Gasteiger partial charge on any atom is -0.396 e. The van der Waals surface area contributed by atoms with E-state index in [9.17, 15) is 14.3 Å². The largest absolute Gasteiger partial charge is 0.396 e. The normalized spacial score (nSPS) is 33.0. The van der Waals surface area contributed by atoms with E-state index in [0.717, 1.165) is 37.8 Å². The second-order valence-electron chi connectivity index (χ2n) is 10.7. The van der Waals surface area contributed by atoms with Gasteiger partial charge in [0.1, 0.15) is 5.82 Å². The van der Waals surface area contributed by atoms with Gasteiger partial charge in [-0.05, 0) is 92.5 Å². The zero-order valence-corrected chi connectivity index (χ0v) is 19.8. The van der Waals surface area contributed by atoms with Gasteiger partial charge in [-0.25, -0.2) is 9.82 Å². The summed E-state index contributed by atoms with van der Waals surface area (Å²) in [6.45, 7) is 2.01. The van der Waals surface area contributed by atoms with Gasteiger partial charge >= 0.3 is 0 Å². The number of hydrogen-bond donors (Lipinski definition) is 4. The van der Waals surface area contributed by atoms with E-state index >= 15 is 0 Å². The lowest BCUT2D eigenvalue weighted by Gasteiger charge is -2.33. The molecule has 0 bridgehead atoms. The van der Waals surface area contributed by atoms with Crippen molar-refractivity contribution in [1.29, 1.82) is 0 Å². The van der Waals surface area contributed by atoms with Crippen molar-refractivity contribution in [2.24, 2.45) is 17.3 Å². The van der Waals surface area contributed by atoms with Crippen LogP contribution in [0.1, 0.15) is 61.4 Å². The molecule has 2 heterocycles. The predicted octanol–water partition coefficient (Wildman–Crippen LogP) is 3.35. The zero-order valence-electron chi connectivity index (χ0n) is 19.8. The third-order valence-corrected chi connectivity index (χ3v) is 8.31. The van der Waals surface area contributed by atoms with Crippen molar-refractivity contribution in [2.75, 3.05) is 6.61 Å². The Balaban J connectivity index is 1.20. The summed E-state index contributed by atoms with van der Waals surface area (Å²) in [5.41, 5.74) is 9.37. The molecule has 1 aromatic carbocycles. The van der Waals surface area contributed by atoms with Crippen LogP contribution in [0.15, 0.2) is 42.6 Å². The Labute approximate surface area is 200 Å². The van der Waals surface area contributed by atoms with Gasteiger partial charge in [-0.15, -0.1) is 0 Å². The number of halogens is 1. The van der Waals surface area contributed by atoms with Gasteiger partial charge in [-0.2, -0.15) is 0 Å². The molecule has 182 valence electrons. The van der Waals surface area contributed by atoms with Crippen molar-refractivity contribution in [3.05, 3.63) is 65.2 Å². The molecule has 6 nitrogen and oxygen atoms in total. The first-order valence-corrected chi connectivity index (χ1v) is 12.5. The number of amides is 1. The van der Waals surface area contributed by atoms with Crippen LogP contribution in [0.3, 0.4) is 0 Å². The average Bonchev–Trinajstić information content (AvgIpc) is 3.45. The number of rotatable bonds is 6. The van der Waals surface area contributed by atoms with Crippen molar-refractivity contribution in [1.82, 2.24) is 21.2 Å². The molecule has 3 aliphatic rings. The molecule has 2 aliphatic carbocycles. The zero-order chi connectivity index (χ0) is 23.7. The average molecular weight is 467 g/mol. The molecular weight excluding hydrogens is 431 g/mol. The van der Waals surface area contributed by atoms with Crippen LogP contribution in [-0.4, -0.2) is 34.7 Å². The van der Waals surface area contributed by atoms with Gasteiger partial charge in [0.15, 0.2) is 0 Å². The van der Waals surface area contributed by atoms with Crippen molar-refractivity contribution < 1.29 is 14.3 Å². The number of aliphatic hydroxyl groups excluding tert-OH is 1. The fraction of sp³-hybridized carbons (Fsp3) is 0.556. The quantitative estimate of drug-likeness (QED) is 0.525. The Morgan fingerprint density at radius 1 is 1.24 bits per heavy atom. The van der Waals surface area contributed by atoms with E-state index in [-0.39, 0.29) is 41.7 Å². The lowest BCUT2D eigenvalue weighted by molar-refractivity contribution is -0.127. The summed E-state index contributed by atoms with van der Waals surface area (Å²) in [5.74, 6) is 0.244. The number of aromatic nitrogens is 1. The summed E-state index contributed by atoms with van der Waals surface area (Å²) in [5, 5.41) is 13.5. The SMILES string of the molecule is Cc1cc(C2NNC3CCC(C(=O)NC4CCC(CO)(Cc5ccccc5F)C4)CC32)ccn1. The second-order valence-corrected chi connectivity index (χ2v) is 10.7. The summed E-state index contributed by atoms with van der Waals surface area (Å²) in [6.07, 6.45) is 7.32. The molecule has 3 fully saturated rings. The number of carbonyl (C=O) groups is 1. The fourth-order valence-electron chi connectivity index (χ4n) is 6.44. The van der Waals surface area contributed by atoms with Gasteiger partial charge in [0, 0.05) is 36.5 Å². The summed E-state index contributed by atoms with van der Waals surface area (Å²) >= 11 is 0. The summed E-state index contributed by atoms with van der Waals surface area (Å²) in [6, 6.07) is 11.5. The molecule has 1 amide bonds. The first-order valence-electron chi connectivity index (χ1n) is 12.5. The molecule has 4 N–H and O–H groups in total. The molecule has 1 aliphatic heterocycles. The van der Waals surface area contributed by atoms with E-state index in [1.807, 2.05) is 19.2 Å². The smallest absolute Gasteiger partial charge is 0.223 e. The van der Waals surface area contributed by atoms with Crippen molar-refractivity contribution in [3.8, 4) is 0 Å². The molecule has 6 unspecified atom stereocenters. The van der Waals surface area contributed by atoms with E-state index in [4.69, 9.17) is 0 Å². The molecule has 1 aromatic heterocycles. The Hall–Kier alpha value is -2.35. The number of aryl methyl sites for hydroxylation is 1. The number of carbonyl (C=O) groups excluding carboxylic acids is 1. The van der Waals surface area contributed by atoms with Crippen molar-refractivity contribution >= 4 is 5.91 Å². The predicted molar refractivity (Wildman–Crippen MR) is 128 cm³/mol. The molecule has 34 heavy (non-hydrogen) atoms. The Morgan fingerprint density at radius 2 is 2.09 bits per heavy atom. The van der Waals surface area contributed by atoms with E-state index < -0.39 is 0 Å². The Bertz CT molecular complexity index is 1030. The number of benzene rings is 1. The fourth-order valence-corrected chi connectivity index (χ4v) is 6.44. The van der Waals surface area contributed by atoms with Gasteiger partial charge in [-0.3, -0.25) is 15.2 Å². The highest BCUT2D eigenvalue weighted by Gasteiger charge is 2.44. The topological polar surface area (TPSA) is 86.3 Å². The van der Waals surface area contributed by atoms with Crippen LogP contribution < -0.4 is 16.2 Å². The monoisotopic (exact) mass is 466 g/mol. The van der Waals surface area contributed by atoms with Crippen LogP contribution in [0.25, 0.3) is 0 Å². The minimum atomic E-state index is -0.374. The highest BCUT2D eigenvalue weighted by Crippen LogP contribution is 2.43. The van der Waals surface area contributed by atoms with Crippen molar-refractivity contribution in [2.45, 2.75) is 70.0 Å². The van der Waals surface area contributed by atoms with Gasteiger partial charge in [0.2, 0.25) is 5.91 Å². The lowest BCUT2D eigenvalue weighted by atomic mass is 9.74. The van der Waals surface area contributed by atoms with Crippen LogP contribution in [0.4, 0.5) is 4.39 Å². The first kappa shape index (κ1) is 23.4. The van der Waals surface area contributed by atoms with Crippen LogP contribution in [-0.2, 0) is 11.2 Å². The van der Waals surface area contributed by atoms with Gasteiger partial charge in [-0.1, -0.05) is 18.2 Å². The molecule has 0 radical (unpaired) electrons. The highest BCUT2D eigenvalue weighted by atomic mass is 19.1. The molecule has 0 spiro atoms. The number of nitrogens with zero attached hydrogens (tertiary/aromatic N) is 1. The number of hydrogen-bond acceptors (Lipinski definition) is 5. The van der Waals surface area contributed by atoms with E-state index in [2.05, 4.69) is 33.3 Å². The highest BCUT2D eigenvalue weighted by molar-refractivity contribution is 5.79. The number of pyridine rings is 1. The molecule has 5 rings (SSSR count). The Morgan fingerprint density at radius 3 is 2.88 bits per heavy atom. The standard InChI is InChI=1S/C27H35FN4O2/c1-17-12-18(9-11-29-17)25-22-13-19(6-7-24(22)31-32-25)26(34)30-21-8-10-27(15-21,16-33)14-20-4-2-3-5-23(20)28/h2-5,9,11-12,19,21-22,24-25,31-33H,6-8,10,13-16H2,1H3,(H,30,34). The lowest BCUT2D eigenvalue weighted by Crippen LogP contribution is -2.43. The first-order chi connectivity index (χ1) is 16.5. The molecule has 1 saturated heterocycles. The maximum Gasteiger partial charge on any atom is 0.223 e. The summed E-state index contributed by atoms with van der Waals surface area (Å²) < 4.78 is 14.2. The van der Waals surface area contributed by atoms with Crippen molar-refractivity contribution in [3.63, 3.8) is 0 Å². The third-order valence-electron chi connectivity index (χ3n) is 8.31. The minimum absolute atomic E-state index is 0.00521. The second kappa shape index (κ2) is 9.72. The summed E-state index contributed by atoms with van der Waals surface area (Å²) in [4.78, 5) is 17.6. The maximum atomic E-state index is 14.2. The van der Waals surface area contributed by atoms with E-state index in [1.54, 1.807) is 12.1 Å². The number of hydrazine groups is 1. The third kappa shape index (κ3) is 4.74. The van der Waals surface area contributed by atoms with Crippen LogP contribution in [0.2, 0.25) is 0 Å². The molecular formula is C27H35FN4O2.